The van der Waals surface area contributed by atoms with Crippen LogP contribution in [0.25, 0.3) is 0 Å². The molecule has 1 atom stereocenters. The lowest BCUT2D eigenvalue weighted by molar-refractivity contribution is 0.0871. The van der Waals surface area contributed by atoms with Gasteiger partial charge in [-0.2, -0.15) is 0 Å². The predicted molar refractivity (Wildman–Crippen MR) is 102 cm³/mol. The molecule has 3 nitrogen and oxygen atoms in total. The molecular weight excluding hydrogens is 312 g/mol. The summed E-state index contributed by atoms with van der Waals surface area (Å²) in [6, 6.07) is 15.6. The van der Waals surface area contributed by atoms with Crippen LogP contribution in [-0.4, -0.2) is 18.5 Å². The Morgan fingerprint density at radius 1 is 1.08 bits per heavy atom. The number of aldehydes is 1. The number of carbonyl (C=O) groups excluding carboxylic acids is 1. The Hall–Kier alpha value is -2.55. The Labute approximate surface area is 150 Å². The summed E-state index contributed by atoms with van der Waals surface area (Å²) in [5.74, 6) is 1.27. The van der Waals surface area contributed by atoms with Crippen LogP contribution in [0.1, 0.15) is 43.1 Å². The molecule has 25 heavy (non-hydrogen) atoms. The Morgan fingerprint density at radius 2 is 1.84 bits per heavy atom. The van der Waals surface area contributed by atoms with Gasteiger partial charge in [0.05, 0.1) is 6.61 Å². The maximum atomic E-state index is 11.0. The monoisotopic (exact) mass is 338 g/mol. The van der Waals surface area contributed by atoms with Crippen LogP contribution in [0.2, 0.25) is 0 Å². The molecular formula is C22H26O3. The van der Waals surface area contributed by atoms with Crippen molar-refractivity contribution in [2.45, 2.75) is 39.2 Å². The summed E-state index contributed by atoms with van der Waals surface area (Å²) in [4.78, 5) is 11.0. The van der Waals surface area contributed by atoms with E-state index in [1.807, 2.05) is 44.2 Å². The summed E-state index contributed by atoms with van der Waals surface area (Å²) in [5.41, 5.74) is 1.38. The van der Waals surface area contributed by atoms with Crippen LogP contribution in [0.3, 0.4) is 0 Å². The van der Waals surface area contributed by atoms with Gasteiger partial charge in [0, 0.05) is 18.4 Å². The van der Waals surface area contributed by atoms with E-state index >= 15 is 0 Å². The van der Waals surface area contributed by atoms with Crippen LogP contribution in [-0.2, 0) is 6.42 Å². The third kappa shape index (κ3) is 5.49. The highest BCUT2D eigenvalue weighted by atomic mass is 16.5. The van der Waals surface area contributed by atoms with Crippen molar-refractivity contribution in [1.29, 1.82) is 0 Å². The minimum absolute atomic E-state index is 0.414. The highest BCUT2D eigenvalue weighted by Gasteiger charge is 2.27. The first-order valence-electron chi connectivity index (χ1n) is 8.66. The second kappa shape index (κ2) is 9.07. The highest BCUT2D eigenvalue weighted by molar-refractivity contribution is 5.76. The summed E-state index contributed by atoms with van der Waals surface area (Å²) in [7, 11) is 0. The summed E-state index contributed by atoms with van der Waals surface area (Å²) in [6.07, 6.45) is 6.52. The summed E-state index contributed by atoms with van der Waals surface area (Å²) < 4.78 is 12.1. The third-order valence-corrected chi connectivity index (χ3v) is 3.97. The molecule has 0 saturated carbocycles. The molecule has 0 heterocycles. The number of carbonyl (C=O) groups is 1. The predicted octanol–water partition coefficient (Wildman–Crippen LogP) is 5.24. The Balaban J connectivity index is 2.31. The molecule has 1 unspecified atom stereocenters. The molecule has 0 fully saturated rings. The third-order valence-electron chi connectivity index (χ3n) is 3.97. The Bertz CT molecular complexity index is 706. The number of rotatable bonds is 9. The Morgan fingerprint density at radius 3 is 2.48 bits per heavy atom. The van der Waals surface area contributed by atoms with Gasteiger partial charge in [-0.1, -0.05) is 42.5 Å². The van der Waals surface area contributed by atoms with Crippen LogP contribution in [0.15, 0.2) is 60.7 Å². The van der Waals surface area contributed by atoms with Crippen molar-refractivity contribution in [3.63, 3.8) is 0 Å². The van der Waals surface area contributed by atoms with Gasteiger partial charge in [-0.15, -0.1) is 0 Å². The van der Waals surface area contributed by atoms with E-state index in [9.17, 15) is 4.79 Å². The molecule has 0 aliphatic rings. The molecule has 132 valence electrons. The molecule has 0 bridgehead atoms. The molecule has 0 aromatic heterocycles. The lowest BCUT2D eigenvalue weighted by Crippen LogP contribution is -2.34. The van der Waals surface area contributed by atoms with E-state index in [-0.39, 0.29) is 0 Å². The second-order valence-electron chi connectivity index (χ2n) is 6.24. The van der Waals surface area contributed by atoms with E-state index in [2.05, 4.69) is 25.1 Å². The van der Waals surface area contributed by atoms with E-state index in [1.54, 1.807) is 12.1 Å². The van der Waals surface area contributed by atoms with Crippen LogP contribution < -0.4 is 9.47 Å². The van der Waals surface area contributed by atoms with Crippen molar-refractivity contribution in [3.05, 3.63) is 71.8 Å². The first-order valence-corrected chi connectivity index (χ1v) is 8.66. The van der Waals surface area contributed by atoms with Gasteiger partial charge in [-0.3, -0.25) is 4.79 Å². The molecule has 0 amide bonds. The van der Waals surface area contributed by atoms with Gasteiger partial charge in [0.2, 0.25) is 0 Å². The maximum absolute atomic E-state index is 11.0. The molecule has 0 aliphatic heterocycles. The van der Waals surface area contributed by atoms with Gasteiger partial charge in [-0.25, -0.2) is 0 Å². The van der Waals surface area contributed by atoms with E-state index in [1.165, 1.54) is 5.56 Å². The number of benzene rings is 2. The second-order valence-corrected chi connectivity index (χ2v) is 6.24. The van der Waals surface area contributed by atoms with E-state index in [0.29, 0.717) is 23.7 Å². The van der Waals surface area contributed by atoms with Crippen molar-refractivity contribution in [2.75, 3.05) is 6.61 Å². The minimum Gasteiger partial charge on any atom is -0.490 e. The molecule has 2 rings (SSSR count). The molecule has 0 N–H and O–H groups in total. The van der Waals surface area contributed by atoms with Crippen LogP contribution in [0, 0.1) is 0 Å². The van der Waals surface area contributed by atoms with E-state index in [4.69, 9.17) is 9.47 Å². The molecule has 0 saturated heterocycles. The van der Waals surface area contributed by atoms with Gasteiger partial charge < -0.3 is 9.47 Å². The maximum Gasteiger partial charge on any atom is 0.162 e. The number of ether oxygens (including phenoxy) is 2. The lowest BCUT2D eigenvalue weighted by Gasteiger charge is -2.31. The average Bonchev–Trinajstić information content (AvgIpc) is 2.62. The fourth-order valence-electron chi connectivity index (χ4n) is 2.76. The fraction of sp³-hybridized carbons (Fsp3) is 0.318. The van der Waals surface area contributed by atoms with Crippen molar-refractivity contribution in [3.8, 4) is 11.5 Å². The van der Waals surface area contributed by atoms with Gasteiger partial charge in [0.15, 0.2) is 11.5 Å². The zero-order chi connectivity index (χ0) is 18.1. The summed E-state index contributed by atoms with van der Waals surface area (Å²) in [6.45, 7) is 6.54. The summed E-state index contributed by atoms with van der Waals surface area (Å²) >= 11 is 0. The van der Waals surface area contributed by atoms with Crippen molar-refractivity contribution in [2.24, 2.45) is 0 Å². The first-order chi connectivity index (χ1) is 12.1. The molecule has 0 radical (unpaired) electrons. The standard InChI is InChI=1S/C22H26O3/c1-4-6-14-22(3,16-18-10-8-7-9-11-18)25-20-13-12-19(17-23)15-21(20)24-5-2/h4,6-13,15,17H,5,14,16H2,1-3H3. The van der Waals surface area contributed by atoms with Gasteiger partial charge >= 0.3 is 0 Å². The fourth-order valence-corrected chi connectivity index (χ4v) is 2.76. The van der Waals surface area contributed by atoms with Crippen LogP contribution in [0.4, 0.5) is 0 Å². The average molecular weight is 338 g/mol. The smallest absolute Gasteiger partial charge is 0.162 e. The molecule has 0 aliphatic carbocycles. The van der Waals surface area contributed by atoms with E-state index < -0.39 is 5.60 Å². The number of allylic oxidation sites excluding steroid dienone is 1. The van der Waals surface area contributed by atoms with Gasteiger partial charge in [0.25, 0.3) is 0 Å². The lowest BCUT2D eigenvalue weighted by atomic mass is 9.92. The zero-order valence-electron chi connectivity index (χ0n) is 15.2. The quantitative estimate of drug-likeness (QED) is 0.463. The molecule has 2 aromatic rings. The molecule has 2 aromatic carbocycles. The number of hydrogen-bond donors (Lipinski definition) is 0. The summed E-state index contributed by atoms with van der Waals surface area (Å²) in [5, 5.41) is 0. The highest BCUT2D eigenvalue weighted by Crippen LogP contribution is 2.34. The molecule has 3 heteroatoms. The number of hydrogen-bond acceptors (Lipinski definition) is 3. The zero-order valence-corrected chi connectivity index (χ0v) is 15.2. The topological polar surface area (TPSA) is 35.5 Å². The Kier molecular flexibility index (Phi) is 6.81. The normalized spacial score (nSPS) is 13.4. The van der Waals surface area contributed by atoms with Crippen molar-refractivity contribution in [1.82, 2.24) is 0 Å². The minimum atomic E-state index is -0.414. The van der Waals surface area contributed by atoms with Crippen molar-refractivity contribution < 1.29 is 14.3 Å². The van der Waals surface area contributed by atoms with Crippen LogP contribution in [0.5, 0.6) is 11.5 Å². The van der Waals surface area contributed by atoms with E-state index in [0.717, 1.165) is 19.1 Å². The van der Waals surface area contributed by atoms with Gasteiger partial charge in [0.1, 0.15) is 11.9 Å². The largest absolute Gasteiger partial charge is 0.490 e. The first kappa shape index (κ1) is 18.8. The molecule has 0 spiro atoms. The SMILES string of the molecule is CC=CCC(C)(Cc1ccccc1)Oc1ccc(C=O)cc1OCC. The van der Waals surface area contributed by atoms with Gasteiger partial charge in [-0.05, 0) is 44.5 Å². The van der Waals surface area contributed by atoms with Crippen molar-refractivity contribution >= 4 is 6.29 Å². The van der Waals surface area contributed by atoms with Crippen LogP contribution >= 0.6 is 0 Å².